The number of thiophene rings is 1. The molecule has 142 valence electrons. The van der Waals surface area contributed by atoms with Gasteiger partial charge in [0.05, 0.1) is 20.6 Å². The SMILES string of the molecule is NS(=O)(=O)c1ccccc1-n1nc(-c2ccc(Cl)s2)cc1-c1ccc(Cl)cc1. The minimum atomic E-state index is -3.94. The van der Waals surface area contributed by atoms with Crippen molar-refractivity contribution >= 4 is 44.6 Å². The van der Waals surface area contributed by atoms with Gasteiger partial charge in [0.25, 0.3) is 0 Å². The fourth-order valence-corrected chi connectivity index (χ4v) is 4.68. The lowest BCUT2D eigenvalue weighted by Crippen LogP contribution is -2.16. The van der Waals surface area contributed by atoms with Gasteiger partial charge in [0.1, 0.15) is 10.6 Å². The Kier molecular flexibility index (Phi) is 5.03. The molecule has 4 rings (SSSR count). The largest absolute Gasteiger partial charge is 0.240 e. The van der Waals surface area contributed by atoms with Gasteiger partial charge in [-0.2, -0.15) is 5.10 Å². The number of hydrogen-bond donors (Lipinski definition) is 1. The van der Waals surface area contributed by atoms with Gasteiger partial charge in [-0.05, 0) is 42.5 Å². The molecule has 0 unspecified atom stereocenters. The summed E-state index contributed by atoms with van der Waals surface area (Å²) in [6, 6.07) is 19.2. The third-order valence-electron chi connectivity index (χ3n) is 4.07. The Labute approximate surface area is 176 Å². The smallest absolute Gasteiger partial charge is 0.231 e. The van der Waals surface area contributed by atoms with E-state index in [1.165, 1.54) is 17.4 Å². The average Bonchev–Trinajstić information content (AvgIpc) is 3.28. The van der Waals surface area contributed by atoms with Crippen molar-refractivity contribution in [3.8, 4) is 27.5 Å². The Morgan fingerprint density at radius 1 is 0.964 bits per heavy atom. The highest BCUT2D eigenvalue weighted by molar-refractivity contribution is 7.89. The Balaban J connectivity index is 1.99. The van der Waals surface area contributed by atoms with Gasteiger partial charge in [0.2, 0.25) is 10.0 Å². The second-order valence-corrected chi connectivity index (χ2v) is 9.63. The van der Waals surface area contributed by atoms with E-state index < -0.39 is 10.0 Å². The fourth-order valence-electron chi connectivity index (χ4n) is 2.84. The summed E-state index contributed by atoms with van der Waals surface area (Å²) >= 11 is 13.5. The van der Waals surface area contributed by atoms with E-state index in [-0.39, 0.29) is 4.90 Å². The summed E-state index contributed by atoms with van der Waals surface area (Å²) in [5.41, 5.74) is 2.57. The Hall–Kier alpha value is -2.16. The summed E-state index contributed by atoms with van der Waals surface area (Å²) in [5, 5.41) is 10.7. The van der Waals surface area contributed by atoms with Gasteiger partial charge in [-0.25, -0.2) is 18.2 Å². The molecule has 0 spiro atoms. The highest BCUT2D eigenvalue weighted by atomic mass is 35.5. The number of rotatable bonds is 4. The van der Waals surface area contributed by atoms with E-state index in [0.29, 0.717) is 26.4 Å². The highest BCUT2D eigenvalue weighted by Gasteiger charge is 2.20. The molecule has 0 bridgehead atoms. The van der Waals surface area contributed by atoms with Gasteiger partial charge in [0.15, 0.2) is 0 Å². The molecule has 0 aliphatic carbocycles. The van der Waals surface area contributed by atoms with Crippen molar-refractivity contribution in [2.45, 2.75) is 4.90 Å². The molecule has 2 aromatic heterocycles. The molecule has 0 saturated heterocycles. The Bertz CT molecular complexity index is 1260. The number of nitrogens with two attached hydrogens (primary N) is 1. The van der Waals surface area contributed by atoms with Crippen LogP contribution in [0.1, 0.15) is 0 Å². The fraction of sp³-hybridized carbons (Fsp3) is 0. The predicted octanol–water partition coefficient (Wildman–Crippen LogP) is 5.22. The van der Waals surface area contributed by atoms with E-state index in [9.17, 15) is 8.42 Å². The van der Waals surface area contributed by atoms with Crippen LogP contribution in [-0.4, -0.2) is 18.2 Å². The van der Waals surface area contributed by atoms with Crippen molar-refractivity contribution in [1.82, 2.24) is 9.78 Å². The maximum atomic E-state index is 12.1. The van der Waals surface area contributed by atoms with Crippen LogP contribution in [0, 0.1) is 0 Å². The zero-order chi connectivity index (χ0) is 19.9. The third kappa shape index (κ3) is 3.72. The second kappa shape index (κ2) is 7.35. The Morgan fingerprint density at radius 3 is 2.32 bits per heavy atom. The molecular weight excluding hydrogens is 437 g/mol. The molecule has 4 aromatic rings. The normalized spacial score (nSPS) is 11.7. The van der Waals surface area contributed by atoms with Crippen LogP contribution in [0.4, 0.5) is 0 Å². The molecular formula is C19H13Cl2N3O2S2. The quantitative estimate of drug-likeness (QED) is 0.463. The maximum absolute atomic E-state index is 12.1. The number of sulfonamides is 1. The molecule has 0 amide bonds. The first kappa shape index (κ1) is 19.2. The van der Waals surface area contributed by atoms with Gasteiger partial charge in [-0.15, -0.1) is 11.3 Å². The topological polar surface area (TPSA) is 78.0 Å². The van der Waals surface area contributed by atoms with Crippen LogP contribution in [0.2, 0.25) is 9.36 Å². The van der Waals surface area contributed by atoms with Crippen molar-refractivity contribution in [3.05, 3.63) is 76.1 Å². The summed E-state index contributed by atoms with van der Waals surface area (Å²) in [6.07, 6.45) is 0. The zero-order valence-electron chi connectivity index (χ0n) is 14.2. The summed E-state index contributed by atoms with van der Waals surface area (Å²) in [6.45, 7) is 0. The molecule has 28 heavy (non-hydrogen) atoms. The number of para-hydroxylation sites is 1. The minimum absolute atomic E-state index is 0.0101. The molecule has 2 heterocycles. The standard InChI is InChI=1S/C19H13Cl2N3O2S2/c20-13-7-5-12(6-8-13)16-11-14(17-9-10-19(21)27-17)23-24(16)15-3-1-2-4-18(15)28(22,25)26/h1-11H,(H2,22,25,26). The monoisotopic (exact) mass is 449 g/mol. The lowest BCUT2D eigenvalue weighted by atomic mass is 10.1. The van der Waals surface area contributed by atoms with Crippen LogP contribution < -0.4 is 5.14 Å². The molecule has 5 nitrogen and oxygen atoms in total. The molecule has 0 fully saturated rings. The first-order valence-corrected chi connectivity index (χ1v) is 11.2. The molecule has 0 saturated carbocycles. The maximum Gasteiger partial charge on any atom is 0.240 e. The van der Waals surface area contributed by atoms with Gasteiger partial charge in [-0.1, -0.05) is 47.5 Å². The van der Waals surface area contributed by atoms with Crippen LogP contribution in [-0.2, 0) is 10.0 Å². The van der Waals surface area contributed by atoms with Crippen LogP contribution in [0.3, 0.4) is 0 Å². The molecule has 0 radical (unpaired) electrons. The lowest BCUT2D eigenvalue weighted by molar-refractivity contribution is 0.596. The van der Waals surface area contributed by atoms with E-state index in [1.807, 2.05) is 24.3 Å². The molecule has 2 N–H and O–H groups in total. The number of primary sulfonamides is 1. The van der Waals surface area contributed by atoms with Gasteiger partial charge < -0.3 is 0 Å². The van der Waals surface area contributed by atoms with Crippen LogP contribution in [0.5, 0.6) is 0 Å². The summed E-state index contributed by atoms with van der Waals surface area (Å²) in [5.74, 6) is 0. The first-order valence-electron chi connectivity index (χ1n) is 8.07. The van der Waals surface area contributed by atoms with Gasteiger partial charge in [-0.3, -0.25) is 0 Å². The number of aromatic nitrogens is 2. The van der Waals surface area contributed by atoms with E-state index in [4.69, 9.17) is 28.3 Å². The highest BCUT2D eigenvalue weighted by Crippen LogP contribution is 2.35. The molecule has 0 aliphatic rings. The van der Waals surface area contributed by atoms with Crippen molar-refractivity contribution in [1.29, 1.82) is 0 Å². The van der Waals surface area contributed by atoms with E-state index in [1.54, 1.807) is 41.1 Å². The van der Waals surface area contributed by atoms with Crippen molar-refractivity contribution < 1.29 is 8.42 Å². The zero-order valence-corrected chi connectivity index (χ0v) is 17.4. The summed E-state index contributed by atoms with van der Waals surface area (Å²) in [7, 11) is -3.94. The number of nitrogens with zero attached hydrogens (tertiary/aromatic N) is 2. The van der Waals surface area contributed by atoms with Crippen molar-refractivity contribution in [2.75, 3.05) is 0 Å². The summed E-state index contributed by atoms with van der Waals surface area (Å²) < 4.78 is 26.4. The van der Waals surface area contributed by atoms with Crippen LogP contribution in [0.15, 0.2) is 71.6 Å². The number of halogens is 2. The van der Waals surface area contributed by atoms with E-state index in [0.717, 1.165) is 10.4 Å². The first-order chi connectivity index (χ1) is 13.3. The summed E-state index contributed by atoms with van der Waals surface area (Å²) in [4.78, 5) is 0.858. The van der Waals surface area contributed by atoms with E-state index >= 15 is 0 Å². The minimum Gasteiger partial charge on any atom is -0.231 e. The van der Waals surface area contributed by atoms with Gasteiger partial charge >= 0.3 is 0 Å². The molecule has 0 aliphatic heterocycles. The van der Waals surface area contributed by atoms with Crippen LogP contribution in [0.25, 0.3) is 27.5 Å². The number of hydrogen-bond acceptors (Lipinski definition) is 4. The predicted molar refractivity (Wildman–Crippen MR) is 114 cm³/mol. The van der Waals surface area contributed by atoms with Gasteiger partial charge in [0, 0.05) is 10.6 Å². The third-order valence-corrected chi connectivity index (χ3v) is 6.54. The van der Waals surface area contributed by atoms with Crippen molar-refractivity contribution in [3.63, 3.8) is 0 Å². The van der Waals surface area contributed by atoms with Crippen LogP contribution >= 0.6 is 34.5 Å². The average molecular weight is 450 g/mol. The molecule has 2 aromatic carbocycles. The Morgan fingerprint density at radius 2 is 1.68 bits per heavy atom. The number of benzene rings is 2. The van der Waals surface area contributed by atoms with E-state index in [2.05, 4.69) is 5.10 Å². The second-order valence-electron chi connectivity index (χ2n) is 5.95. The molecule has 9 heteroatoms. The van der Waals surface area contributed by atoms with Crippen molar-refractivity contribution in [2.24, 2.45) is 5.14 Å². The lowest BCUT2D eigenvalue weighted by Gasteiger charge is -2.11. The molecule has 0 atom stereocenters.